The molecule has 88 valence electrons. The first-order valence-electron chi connectivity index (χ1n) is 6.21. The molecule has 0 aromatic carbocycles. The van der Waals surface area contributed by atoms with Gasteiger partial charge in [0.25, 0.3) is 0 Å². The van der Waals surface area contributed by atoms with Crippen molar-refractivity contribution in [3.8, 4) is 11.5 Å². The molecule has 0 spiro atoms. The molecule has 3 atom stereocenters. The molecule has 4 rings (SSSR count). The Morgan fingerprint density at radius 2 is 2.29 bits per heavy atom. The summed E-state index contributed by atoms with van der Waals surface area (Å²) in [6.45, 7) is 2.25. The molecule has 6 nitrogen and oxygen atoms in total. The van der Waals surface area contributed by atoms with E-state index in [1.807, 2.05) is 0 Å². The van der Waals surface area contributed by atoms with Crippen LogP contribution in [0, 0.1) is 11.8 Å². The van der Waals surface area contributed by atoms with Crippen LogP contribution in [-0.4, -0.2) is 30.8 Å². The Morgan fingerprint density at radius 3 is 3.06 bits per heavy atom. The SMILES string of the molecule is CCC[C@H]1[C@@H]2Cc3c(n[nH]c3-c3nn[nH]n3)[C@H]12. The van der Waals surface area contributed by atoms with Crippen molar-refractivity contribution in [3.63, 3.8) is 0 Å². The standard InChI is InChI=1S/C11H14N6/c1-2-3-5-6-4-7-9(8(5)6)12-13-10(7)11-14-16-17-15-11/h5-6,8H,2-4H2,1H3,(H,12,13)(H,14,15,16,17)/t5-,6-,8+/m0/s1. The Kier molecular flexibility index (Phi) is 1.73. The number of aromatic amines is 2. The van der Waals surface area contributed by atoms with Gasteiger partial charge in [0.2, 0.25) is 5.82 Å². The van der Waals surface area contributed by atoms with E-state index in [0.717, 1.165) is 24.0 Å². The van der Waals surface area contributed by atoms with E-state index in [4.69, 9.17) is 0 Å². The van der Waals surface area contributed by atoms with Crippen LogP contribution in [0.1, 0.15) is 36.9 Å². The van der Waals surface area contributed by atoms with Gasteiger partial charge in [-0.3, -0.25) is 5.10 Å². The van der Waals surface area contributed by atoms with Gasteiger partial charge in [-0.05, 0) is 29.9 Å². The summed E-state index contributed by atoms with van der Waals surface area (Å²) in [5.41, 5.74) is 3.53. The first-order chi connectivity index (χ1) is 8.40. The molecule has 6 heteroatoms. The van der Waals surface area contributed by atoms with Gasteiger partial charge < -0.3 is 0 Å². The highest BCUT2D eigenvalue weighted by molar-refractivity contribution is 5.59. The molecule has 0 aliphatic heterocycles. The number of hydrogen-bond donors (Lipinski definition) is 2. The quantitative estimate of drug-likeness (QED) is 0.831. The number of fused-ring (bicyclic) bond motifs is 3. The van der Waals surface area contributed by atoms with Gasteiger partial charge in [-0.1, -0.05) is 13.3 Å². The highest BCUT2D eigenvalue weighted by Gasteiger charge is 2.57. The van der Waals surface area contributed by atoms with Gasteiger partial charge in [0.15, 0.2) is 0 Å². The largest absolute Gasteiger partial charge is 0.274 e. The number of H-pyrrole nitrogens is 2. The van der Waals surface area contributed by atoms with Crippen LogP contribution < -0.4 is 0 Å². The van der Waals surface area contributed by atoms with E-state index in [9.17, 15) is 0 Å². The predicted octanol–water partition coefficient (Wildman–Crippen LogP) is 1.28. The molecule has 2 aliphatic rings. The fraction of sp³-hybridized carbons (Fsp3) is 0.636. The Labute approximate surface area is 98.2 Å². The maximum Gasteiger partial charge on any atom is 0.222 e. The van der Waals surface area contributed by atoms with Gasteiger partial charge in [0.1, 0.15) is 5.69 Å². The van der Waals surface area contributed by atoms with Crippen LogP contribution in [0.15, 0.2) is 0 Å². The van der Waals surface area contributed by atoms with E-state index >= 15 is 0 Å². The highest BCUT2D eigenvalue weighted by Crippen LogP contribution is 2.63. The van der Waals surface area contributed by atoms with E-state index in [1.165, 1.54) is 24.1 Å². The van der Waals surface area contributed by atoms with Crippen LogP contribution in [-0.2, 0) is 6.42 Å². The highest BCUT2D eigenvalue weighted by atomic mass is 15.5. The van der Waals surface area contributed by atoms with Gasteiger partial charge in [0.05, 0.1) is 5.69 Å². The van der Waals surface area contributed by atoms with Crippen molar-refractivity contribution in [1.82, 2.24) is 30.8 Å². The van der Waals surface area contributed by atoms with Crippen molar-refractivity contribution in [1.29, 1.82) is 0 Å². The summed E-state index contributed by atoms with van der Waals surface area (Å²) in [6.07, 6.45) is 3.74. The van der Waals surface area contributed by atoms with Crippen molar-refractivity contribution >= 4 is 0 Å². The summed E-state index contributed by atoms with van der Waals surface area (Å²) >= 11 is 0. The molecule has 0 unspecified atom stereocenters. The second kappa shape index (κ2) is 3.15. The molecule has 0 amide bonds. The third kappa shape index (κ3) is 1.15. The second-order valence-electron chi connectivity index (χ2n) is 5.04. The lowest BCUT2D eigenvalue weighted by Gasteiger charge is -2.01. The van der Waals surface area contributed by atoms with Crippen LogP contribution in [0.2, 0.25) is 0 Å². The van der Waals surface area contributed by atoms with Gasteiger partial charge in [-0.2, -0.15) is 10.3 Å². The zero-order valence-corrected chi connectivity index (χ0v) is 9.64. The lowest BCUT2D eigenvalue weighted by atomic mass is 10.0. The molecular weight excluding hydrogens is 216 g/mol. The lowest BCUT2D eigenvalue weighted by molar-refractivity contribution is 0.620. The van der Waals surface area contributed by atoms with Gasteiger partial charge >= 0.3 is 0 Å². The van der Waals surface area contributed by atoms with Crippen LogP contribution in [0.5, 0.6) is 0 Å². The van der Waals surface area contributed by atoms with Crippen LogP contribution >= 0.6 is 0 Å². The van der Waals surface area contributed by atoms with Gasteiger partial charge in [0, 0.05) is 11.5 Å². The molecule has 2 aliphatic carbocycles. The minimum atomic E-state index is 0.632. The number of nitrogens with zero attached hydrogens (tertiary/aromatic N) is 4. The maximum atomic E-state index is 4.46. The fourth-order valence-corrected chi connectivity index (χ4v) is 3.41. The minimum absolute atomic E-state index is 0.632. The Hall–Kier alpha value is -1.72. The predicted molar refractivity (Wildman–Crippen MR) is 60.1 cm³/mol. The molecule has 2 aromatic heterocycles. The summed E-state index contributed by atoms with van der Waals surface area (Å²) in [7, 11) is 0. The Bertz CT molecular complexity index is 542. The van der Waals surface area contributed by atoms with Crippen molar-refractivity contribution < 1.29 is 0 Å². The van der Waals surface area contributed by atoms with E-state index in [-0.39, 0.29) is 0 Å². The molecule has 17 heavy (non-hydrogen) atoms. The first-order valence-corrected chi connectivity index (χ1v) is 6.21. The number of nitrogens with one attached hydrogen (secondary N) is 2. The zero-order valence-electron chi connectivity index (χ0n) is 9.64. The summed E-state index contributed by atoms with van der Waals surface area (Å²) < 4.78 is 0. The molecule has 2 heterocycles. The molecule has 2 aromatic rings. The number of tetrazole rings is 1. The van der Waals surface area contributed by atoms with E-state index in [1.54, 1.807) is 0 Å². The molecule has 0 saturated heterocycles. The van der Waals surface area contributed by atoms with Crippen molar-refractivity contribution in [2.24, 2.45) is 11.8 Å². The Balaban J connectivity index is 1.68. The third-order valence-corrected chi connectivity index (χ3v) is 4.18. The summed E-state index contributed by atoms with van der Waals surface area (Å²) in [4.78, 5) is 0. The Morgan fingerprint density at radius 1 is 1.35 bits per heavy atom. The summed E-state index contributed by atoms with van der Waals surface area (Å²) in [5, 5.41) is 21.6. The van der Waals surface area contributed by atoms with Gasteiger partial charge in [-0.25, -0.2) is 0 Å². The number of hydrogen-bond acceptors (Lipinski definition) is 4. The fourth-order valence-electron chi connectivity index (χ4n) is 3.41. The van der Waals surface area contributed by atoms with Crippen LogP contribution in [0.4, 0.5) is 0 Å². The average Bonchev–Trinajstić information content (AvgIpc) is 2.82. The van der Waals surface area contributed by atoms with Crippen molar-refractivity contribution in [3.05, 3.63) is 11.3 Å². The zero-order chi connectivity index (χ0) is 11.4. The smallest absolute Gasteiger partial charge is 0.222 e. The first kappa shape index (κ1) is 9.32. The second-order valence-corrected chi connectivity index (χ2v) is 5.04. The molecule has 1 saturated carbocycles. The normalized spacial score (nSPS) is 29.1. The number of aromatic nitrogens is 6. The average molecular weight is 230 g/mol. The van der Waals surface area contributed by atoms with E-state index in [0.29, 0.717) is 11.7 Å². The van der Waals surface area contributed by atoms with Crippen molar-refractivity contribution in [2.75, 3.05) is 0 Å². The van der Waals surface area contributed by atoms with Crippen LogP contribution in [0.3, 0.4) is 0 Å². The molecule has 0 bridgehead atoms. The molecule has 2 N–H and O–H groups in total. The minimum Gasteiger partial charge on any atom is -0.274 e. The summed E-state index contributed by atoms with van der Waals surface area (Å²) in [6, 6.07) is 0. The van der Waals surface area contributed by atoms with Gasteiger partial charge in [-0.15, -0.1) is 10.2 Å². The lowest BCUT2D eigenvalue weighted by Crippen LogP contribution is -1.94. The van der Waals surface area contributed by atoms with Crippen molar-refractivity contribution in [2.45, 2.75) is 32.1 Å². The number of rotatable bonds is 3. The molecular formula is C11H14N6. The van der Waals surface area contributed by atoms with Crippen LogP contribution in [0.25, 0.3) is 11.5 Å². The van der Waals surface area contributed by atoms with E-state index in [2.05, 4.69) is 37.7 Å². The van der Waals surface area contributed by atoms with E-state index < -0.39 is 0 Å². The maximum absolute atomic E-state index is 4.46. The molecule has 0 radical (unpaired) electrons. The third-order valence-electron chi connectivity index (χ3n) is 4.18. The summed E-state index contributed by atoms with van der Waals surface area (Å²) in [5.74, 6) is 3.02. The topological polar surface area (TPSA) is 83.1 Å². The monoisotopic (exact) mass is 230 g/mol. The molecule has 1 fully saturated rings.